The van der Waals surface area contributed by atoms with Gasteiger partial charge in [0.15, 0.2) is 0 Å². The van der Waals surface area contributed by atoms with E-state index in [0.717, 1.165) is 30.2 Å². The van der Waals surface area contributed by atoms with Gasteiger partial charge in [0.25, 0.3) is 0 Å². The van der Waals surface area contributed by atoms with Gasteiger partial charge in [-0.25, -0.2) is 0 Å². The van der Waals surface area contributed by atoms with Crippen LogP contribution in [0.3, 0.4) is 0 Å². The molecule has 16 heavy (non-hydrogen) atoms. The van der Waals surface area contributed by atoms with Gasteiger partial charge in [-0.2, -0.15) is 0 Å². The summed E-state index contributed by atoms with van der Waals surface area (Å²) in [4.78, 5) is 0. The Morgan fingerprint density at radius 1 is 1.19 bits per heavy atom. The Hall–Kier alpha value is -0.0400. The molecule has 0 aromatic carbocycles. The molecule has 1 N–H and O–H groups in total. The van der Waals surface area contributed by atoms with Crippen LogP contribution in [0, 0.1) is 23.7 Å². The zero-order valence-corrected chi connectivity index (χ0v) is 11.8. The van der Waals surface area contributed by atoms with Crippen molar-refractivity contribution in [2.75, 3.05) is 13.1 Å². The molecule has 1 heteroatoms. The maximum Gasteiger partial charge on any atom is -0.00206 e. The smallest absolute Gasteiger partial charge is 0.00206 e. The van der Waals surface area contributed by atoms with Crippen LogP contribution < -0.4 is 5.32 Å². The Kier molecular flexibility index (Phi) is 6.41. The van der Waals surface area contributed by atoms with Gasteiger partial charge in [0.05, 0.1) is 0 Å². The first kappa shape index (κ1) is 14.0. The molecule has 0 radical (unpaired) electrons. The van der Waals surface area contributed by atoms with Crippen LogP contribution in [-0.4, -0.2) is 13.1 Å². The Bertz CT molecular complexity index is 178. The highest BCUT2D eigenvalue weighted by molar-refractivity contribution is 4.79. The van der Waals surface area contributed by atoms with Crippen molar-refractivity contribution in [3.05, 3.63) is 0 Å². The minimum absolute atomic E-state index is 0.834. The first-order chi connectivity index (χ1) is 7.69. The van der Waals surface area contributed by atoms with Crippen LogP contribution in [0.15, 0.2) is 0 Å². The quantitative estimate of drug-likeness (QED) is 0.718. The molecule has 96 valence electrons. The second kappa shape index (κ2) is 7.32. The van der Waals surface area contributed by atoms with E-state index in [-0.39, 0.29) is 0 Å². The lowest BCUT2D eigenvalue weighted by Crippen LogP contribution is -2.31. The minimum Gasteiger partial charge on any atom is -0.317 e. The van der Waals surface area contributed by atoms with Gasteiger partial charge in [-0.3, -0.25) is 0 Å². The minimum atomic E-state index is 0.834. The van der Waals surface area contributed by atoms with E-state index in [1.807, 2.05) is 0 Å². The van der Waals surface area contributed by atoms with E-state index in [1.54, 1.807) is 0 Å². The molecule has 1 rings (SSSR count). The topological polar surface area (TPSA) is 12.0 Å². The summed E-state index contributed by atoms with van der Waals surface area (Å²) in [5.74, 6) is 3.74. The predicted octanol–water partition coefficient (Wildman–Crippen LogP) is 4.08. The van der Waals surface area contributed by atoms with Crippen molar-refractivity contribution in [1.82, 2.24) is 5.32 Å². The van der Waals surface area contributed by atoms with Crippen molar-refractivity contribution in [1.29, 1.82) is 0 Å². The summed E-state index contributed by atoms with van der Waals surface area (Å²) < 4.78 is 0. The van der Waals surface area contributed by atoms with E-state index < -0.39 is 0 Å². The van der Waals surface area contributed by atoms with Gasteiger partial charge in [0, 0.05) is 0 Å². The molecule has 1 saturated carbocycles. The molecule has 4 atom stereocenters. The maximum absolute atomic E-state index is 3.49. The summed E-state index contributed by atoms with van der Waals surface area (Å²) in [5, 5.41) is 3.49. The fourth-order valence-corrected chi connectivity index (χ4v) is 3.20. The highest BCUT2D eigenvalue weighted by Gasteiger charge is 2.27. The molecular formula is C15H31N. The average Bonchev–Trinajstić information content (AvgIpc) is 2.35. The largest absolute Gasteiger partial charge is 0.317 e. The standard InChI is InChI=1S/C15H31N/c1-5-14-8-7-9-15(10-14)13(4)12(3)11-16-6-2/h12-16H,5-11H2,1-4H3. The lowest BCUT2D eigenvalue weighted by atomic mass is 9.71. The Morgan fingerprint density at radius 2 is 1.94 bits per heavy atom. The molecule has 1 aliphatic carbocycles. The van der Waals surface area contributed by atoms with Gasteiger partial charge in [-0.15, -0.1) is 0 Å². The lowest BCUT2D eigenvalue weighted by molar-refractivity contribution is 0.160. The first-order valence-electron chi connectivity index (χ1n) is 7.39. The molecule has 0 amide bonds. The van der Waals surface area contributed by atoms with Crippen LogP contribution in [-0.2, 0) is 0 Å². The van der Waals surface area contributed by atoms with Crippen molar-refractivity contribution in [2.24, 2.45) is 23.7 Å². The van der Waals surface area contributed by atoms with Crippen LogP contribution in [0.25, 0.3) is 0 Å². The number of nitrogens with one attached hydrogen (secondary N) is 1. The van der Waals surface area contributed by atoms with Crippen LogP contribution >= 0.6 is 0 Å². The second-order valence-corrected chi connectivity index (χ2v) is 5.85. The van der Waals surface area contributed by atoms with Gasteiger partial charge in [-0.05, 0) is 43.2 Å². The highest BCUT2D eigenvalue weighted by Crippen LogP contribution is 2.37. The predicted molar refractivity (Wildman–Crippen MR) is 72.6 cm³/mol. The molecule has 1 fully saturated rings. The maximum atomic E-state index is 3.49. The van der Waals surface area contributed by atoms with E-state index in [4.69, 9.17) is 0 Å². The van der Waals surface area contributed by atoms with Crippen molar-refractivity contribution in [3.63, 3.8) is 0 Å². The van der Waals surface area contributed by atoms with Gasteiger partial charge < -0.3 is 5.32 Å². The normalized spacial score (nSPS) is 30.0. The monoisotopic (exact) mass is 225 g/mol. The summed E-state index contributed by atoms with van der Waals surface area (Å²) in [6, 6.07) is 0. The van der Waals surface area contributed by atoms with Gasteiger partial charge in [0.1, 0.15) is 0 Å². The molecule has 1 aliphatic rings. The number of hydrogen-bond acceptors (Lipinski definition) is 1. The molecule has 0 bridgehead atoms. The summed E-state index contributed by atoms with van der Waals surface area (Å²) in [6.07, 6.45) is 7.33. The molecule has 0 aliphatic heterocycles. The second-order valence-electron chi connectivity index (χ2n) is 5.85. The Labute approximate surface area is 102 Å². The third-order valence-electron chi connectivity index (χ3n) is 4.76. The van der Waals surface area contributed by atoms with Gasteiger partial charge in [0.2, 0.25) is 0 Å². The number of rotatable bonds is 6. The van der Waals surface area contributed by atoms with Crippen molar-refractivity contribution >= 4 is 0 Å². The number of hydrogen-bond donors (Lipinski definition) is 1. The van der Waals surface area contributed by atoms with Gasteiger partial charge >= 0.3 is 0 Å². The molecule has 0 spiro atoms. The van der Waals surface area contributed by atoms with Crippen molar-refractivity contribution in [3.8, 4) is 0 Å². The highest BCUT2D eigenvalue weighted by atomic mass is 14.8. The van der Waals surface area contributed by atoms with Crippen molar-refractivity contribution in [2.45, 2.75) is 59.8 Å². The molecule has 4 unspecified atom stereocenters. The zero-order chi connectivity index (χ0) is 12.0. The average molecular weight is 225 g/mol. The van der Waals surface area contributed by atoms with Crippen LogP contribution in [0.1, 0.15) is 59.8 Å². The molecule has 0 saturated heterocycles. The van der Waals surface area contributed by atoms with E-state index in [0.29, 0.717) is 0 Å². The third-order valence-corrected chi connectivity index (χ3v) is 4.76. The summed E-state index contributed by atoms with van der Waals surface area (Å²) >= 11 is 0. The summed E-state index contributed by atoms with van der Waals surface area (Å²) in [7, 11) is 0. The Morgan fingerprint density at radius 3 is 2.56 bits per heavy atom. The molecule has 0 heterocycles. The summed E-state index contributed by atoms with van der Waals surface area (Å²) in [5.41, 5.74) is 0. The fourth-order valence-electron chi connectivity index (χ4n) is 3.20. The SMILES string of the molecule is CCNCC(C)C(C)C1CCCC(CC)C1. The van der Waals surface area contributed by atoms with Crippen LogP contribution in [0.4, 0.5) is 0 Å². The Balaban J connectivity index is 2.36. The summed E-state index contributed by atoms with van der Waals surface area (Å²) in [6.45, 7) is 11.8. The van der Waals surface area contributed by atoms with E-state index in [9.17, 15) is 0 Å². The fraction of sp³-hybridized carbons (Fsp3) is 1.00. The molecule has 1 nitrogen and oxygen atoms in total. The lowest BCUT2D eigenvalue weighted by Gasteiger charge is -2.35. The first-order valence-corrected chi connectivity index (χ1v) is 7.39. The zero-order valence-electron chi connectivity index (χ0n) is 11.8. The third kappa shape index (κ3) is 4.08. The van der Waals surface area contributed by atoms with E-state index in [1.165, 1.54) is 38.6 Å². The molecule has 0 aromatic heterocycles. The van der Waals surface area contributed by atoms with E-state index >= 15 is 0 Å². The van der Waals surface area contributed by atoms with Gasteiger partial charge in [-0.1, -0.05) is 53.4 Å². The molecular weight excluding hydrogens is 194 g/mol. The van der Waals surface area contributed by atoms with Crippen LogP contribution in [0.5, 0.6) is 0 Å². The van der Waals surface area contributed by atoms with E-state index in [2.05, 4.69) is 33.0 Å². The van der Waals surface area contributed by atoms with Crippen LogP contribution in [0.2, 0.25) is 0 Å². The van der Waals surface area contributed by atoms with Crippen molar-refractivity contribution < 1.29 is 0 Å². The molecule has 0 aromatic rings.